The molecule has 10 nitrogen and oxygen atoms in total. The molecular weight excluding hydrogens is 442 g/mol. The number of carbonyl (C=O) groups is 2. The number of carbonyl (C=O) groups excluding carboxylic acids is 2. The van der Waals surface area contributed by atoms with Gasteiger partial charge in [-0.15, -0.1) is 0 Å². The van der Waals surface area contributed by atoms with E-state index >= 15 is 0 Å². The lowest BCUT2D eigenvalue weighted by Crippen LogP contribution is -2.22. The number of hydrazone groups is 1. The van der Waals surface area contributed by atoms with Gasteiger partial charge in [-0.25, -0.2) is 4.79 Å². The van der Waals surface area contributed by atoms with E-state index in [0.29, 0.717) is 22.8 Å². The Balaban J connectivity index is 1.92. The first kappa shape index (κ1) is 22.8. The lowest BCUT2D eigenvalue weighted by Gasteiger charge is -2.12. The molecule has 0 atom stereocenters. The smallest absolute Gasteiger partial charge is 0.343 e. The van der Waals surface area contributed by atoms with Gasteiger partial charge < -0.3 is 14.2 Å². The largest absolute Gasteiger partial charge is 0.493 e. The number of benzene rings is 2. The Bertz CT molecular complexity index is 1160. The molecule has 1 amide bonds. The van der Waals surface area contributed by atoms with Gasteiger partial charge in [0, 0.05) is 11.1 Å². The summed E-state index contributed by atoms with van der Waals surface area (Å²) in [4.78, 5) is 35.1. The lowest BCUT2D eigenvalue weighted by atomic mass is 10.1. The molecule has 0 N–H and O–H groups in total. The third kappa shape index (κ3) is 4.70. The minimum atomic E-state index is -0.608. The van der Waals surface area contributed by atoms with Crippen LogP contribution in [-0.2, 0) is 14.3 Å². The molecule has 1 aliphatic rings. The predicted molar refractivity (Wildman–Crippen MR) is 117 cm³/mol. The molecule has 1 aliphatic heterocycles. The van der Waals surface area contributed by atoms with Gasteiger partial charge in [-0.3, -0.25) is 14.9 Å². The van der Waals surface area contributed by atoms with Gasteiger partial charge in [0.15, 0.2) is 18.1 Å². The van der Waals surface area contributed by atoms with Gasteiger partial charge >= 0.3 is 5.97 Å². The average Bonchev–Trinajstić information content (AvgIpc) is 3.05. The number of ether oxygens (including phenoxy) is 3. The number of hydrogen-bond acceptors (Lipinski definition) is 8. The van der Waals surface area contributed by atoms with Crippen LogP contribution < -0.4 is 14.5 Å². The van der Waals surface area contributed by atoms with Crippen molar-refractivity contribution in [1.82, 2.24) is 0 Å². The summed E-state index contributed by atoms with van der Waals surface area (Å²) in [6, 6.07) is 8.76. The number of anilines is 1. The topological polar surface area (TPSA) is 121 Å². The van der Waals surface area contributed by atoms with Gasteiger partial charge in [0.05, 0.1) is 30.4 Å². The van der Waals surface area contributed by atoms with Crippen LogP contribution in [0.5, 0.6) is 11.5 Å². The van der Waals surface area contributed by atoms with Crippen LogP contribution >= 0.6 is 11.6 Å². The van der Waals surface area contributed by atoms with Crippen molar-refractivity contribution in [2.75, 3.05) is 25.8 Å². The van der Waals surface area contributed by atoms with Gasteiger partial charge in [-0.2, -0.15) is 10.1 Å². The SMILES string of the molecule is COC(=O)COc1ccc(/C=C2\C(=O)N(c3cc(Cl)ccc3[N+](=O)[O-])N=C2C)cc1OC. The summed E-state index contributed by atoms with van der Waals surface area (Å²) in [6.45, 7) is 1.33. The van der Waals surface area contributed by atoms with Crippen molar-refractivity contribution in [2.45, 2.75) is 6.92 Å². The fourth-order valence-electron chi connectivity index (χ4n) is 2.92. The van der Waals surface area contributed by atoms with Crippen LogP contribution in [0.4, 0.5) is 11.4 Å². The maximum absolute atomic E-state index is 13.0. The number of esters is 1. The molecule has 0 unspecified atom stereocenters. The first-order valence-corrected chi connectivity index (χ1v) is 9.56. The van der Waals surface area contributed by atoms with Gasteiger partial charge in [-0.1, -0.05) is 17.7 Å². The number of nitrogens with zero attached hydrogens (tertiary/aromatic N) is 3. The van der Waals surface area contributed by atoms with Gasteiger partial charge in [0.2, 0.25) is 0 Å². The monoisotopic (exact) mass is 459 g/mol. The maximum Gasteiger partial charge on any atom is 0.343 e. The highest BCUT2D eigenvalue weighted by molar-refractivity contribution is 6.33. The highest BCUT2D eigenvalue weighted by atomic mass is 35.5. The van der Waals surface area contributed by atoms with Crippen LogP contribution in [0.15, 0.2) is 47.1 Å². The predicted octanol–water partition coefficient (Wildman–Crippen LogP) is 3.61. The number of rotatable bonds is 7. The molecule has 0 aliphatic carbocycles. The van der Waals surface area contributed by atoms with Gasteiger partial charge in [-0.05, 0) is 42.8 Å². The van der Waals surface area contributed by atoms with Crippen LogP contribution in [0.25, 0.3) is 6.08 Å². The third-order valence-corrected chi connectivity index (χ3v) is 4.73. The van der Waals surface area contributed by atoms with Crippen molar-refractivity contribution in [1.29, 1.82) is 0 Å². The van der Waals surface area contributed by atoms with E-state index in [1.54, 1.807) is 31.2 Å². The Morgan fingerprint density at radius 2 is 1.97 bits per heavy atom. The van der Waals surface area contributed by atoms with Crippen LogP contribution in [0, 0.1) is 10.1 Å². The molecule has 0 bridgehead atoms. The van der Waals surface area contributed by atoms with Crippen molar-refractivity contribution in [3.05, 3.63) is 62.7 Å². The fraction of sp³-hybridized carbons (Fsp3) is 0.190. The van der Waals surface area contributed by atoms with E-state index in [0.717, 1.165) is 5.01 Å². The molecule has 0 aromatic heterocycles. The van der Waals surface area contributed by atoms with Crippen molar-refractivity contribution >= 4 is 46.6 Å². The second-order valence-electron chi connectivity index (χ2n) is 6.53. The molecule has 0 saturated heterocycles. The molecule has 166 valence electrons. The quantitative estimate of drug-likeness (QED) is 0.268. The zero-order valence-electron chi connectivity index (χ0n) is 17.3. The van der Waals surface area contributed by atoms with Gasteiger partial charge in [0.25, 0.3) is 11.6 Å². The Morgan fingerprint density at radius 1 is 1.22 bits per heavy atom. The van der Waals surface area contributed by atoms with E-state index in [-0.39, 0.29) is 28.6 Å². The standard InChI is InChI=1S/C21H18ClN3O7/c1-12-15(8-13-4-7-18(19(9-13)30-2)32-11-20(26)31-3)21(27)24(23-12)17-10-14(22)5-6-16(17)25(28)29/h4-10H,11H2,1-3H3/b15-8-. The minimum absolute atomic E-state index is 0.0283. The van der Waals surface area contributed by atoms with Crippen molar-refractivity contribution in [3.8, 4) is 11.5 Å². The molecule has 0 spiro atoms. The zero-order valence-corrected chi connectivity index (χ0v) is 18.1. The van der Waals surface area contributed by atoms with E-state index in [2.05, 4.69) is 9.84 Å². The zero-order chi connectivity index (χ0) is 23.4. The lowest BCUT2D eigenvalue weighted by molar-refractivity contribution is -0.384. The van der Waals surface area contributed by atoms with Crippen LogP contribution in [0.1, 0.15) is 12.5 Å². The number of halogens is 1. The fourth-order valence-corrected chi connectivity index (χ4v) is 3.09. The first-order valence-electron chi connectivity index (χ1n) is 9.18. The number of methoxy groups -OCH3 is 2. The Kier molecular flexibility index (Phi) is 6.74. The molecular formula is C21H18ClN3O7. The number of hydrogen-bond donors (Lipinski definition) is 0. The number of nitro groups is 1. The molecule has 2 aromatic rings. The molecule has 2 aromatic carbocycles. The highest BCUT2D eigenvalue weighted by Gasteiger charge is 2.33. The van der Waals surface area contributed by atoms with E-state index < -0.39 is 16.8 Å². The Labute approximate surface area is 187 Å². The number of nitro benzene ring substituents is 1. The third-order valence-electron chi connectivity index (χ3n) is 4.50. The molecule has 1 heterocycles. The summed E-state index contributed by atoms with van der Waals surface area (Å²) in [5.41, 5.74) is 0.875. The summed E-state index contributed by atoms with van der Waals surface area (Å²) in [7, 11) is 2.69. The average molecular weight is 460 g/mol. The highest BCUT2D eigenvalue weighted by Crippen LogP contribution is 2.35. The van der Waals surface area contributed by atoms with E-state index in [1.807, 2.05) is 0 Å². The number of amides is 1. The second-order valence-corrected chi connectivity index (χ2v) is 6.96. The Morgan fingerprint density at radius 3 is 2.62 bits per heavy atom. The van der Waals surface area contributed by atoms with Crippen molar-refractivity contribution < 1.29 is 28.7 Å². The normalized spacial score (nSPS) is 14.4. The summed E-state index contributed by atoms with van der Waals surface area (Å²) < 4.78 is 15.2. The Hall–Kier alpha value is -3.92. The maximum atomic E-state index is 13.0. The van der Waals surface area contributed by atoms with Gasteiger partial charge in [0.1, 0.15) is 5.69 Å². The molecule has 0 saturated carbocycles. The second kappa shape index (κ2) is 9.48. The summed E-state index contributed by atoms with van der Waals surface area (Å²) in [6.07, 6.45) is 1.57. The molecule has 0 radical (unpaired) electrons. The molecule has 0 fully saturated rings. The van der Waals surface area contributed by atoms with Crippen LogP contribution in [-0.4, -0.2) is 43.3 Å². The van der Waals surface area contributed by atoms with Crippen molar-refractivity contribution in [2.24, 2.45) is 5.10 Å². The van der Waals surface area contributed by atoms with E-state index in [9.17, 15) is 19.7 Å². The summed E-state index contributed by atoms with van der Waals surface area (Å²) in [5, 5.41) is 16.7. The van der Waals surface area contributed by atoms with Crippen LogP contribution in [0.3, 0.4) is 0 Å². The molecule has 32 heavy (non-hydrogen) atoms. The van der Waals surface area contributed by atoms with E-state index in [4.69, 9.17) is 21.1 Å². The van der Waals surface area contributed by atoms with Crippen molar-refractivity contribution in [3.63, 3.8) is 0 Å². The summed E-state index contributed by atoms with van der Waals surface area (Å²) in [5.74, 6) is -0.431. The minimum Gasteiger partial charge on any atom is -0.493 e. The molecule has 11 heteroatoms. The summed E-state index contributed by atoms with van der Waals surface area (Å²) >= 11 is 5.97. The van der Waals surface area contributed by atoms with Crippen LogP contribution in [0.2, 0.25) is 5.02 Å². The molecule has 3 rings (SSSR count). The van der Waals surface area contributed by atoms with E-state index in [1.165, 1.54) is 32.4 Å². The first-order chi connectivity index (χ1) is 15.2.